The van der Waals surface area contributed by atoms with E-state index in [0.29, 0.717) is 18.7 Å². The summed E-state index contributed by atoms with van der Waals surface area (Å²) in [6, 6.07) is 23.3. The predicted octanol–water partition coefficient (Wildman–Crippen LogP) is 6.19. The molecule has 1 N–H and O–H groups in total. The lowest BCUT2D eigenvalue weighted by atomic mass is 9.99. The number of carbonyl (C=O) groups excluding carboxylic acids is 1. The van der Waals surface area contributed by atoms with Gasteiger partial charge in [-0.05, 0) is 105 Å². The smallest absolute Gasteiger partial charge is 0.251 e. The van der Waals surface area contributed by atoms with Crippen molar-refractivity contribution in [2.24, 2.45) is 0 Å². The van der Waals surface area contributed by atoms with Crippen molar-refractivity contribution in [1.29, 1.82) is 0 Å². The van der Waals surface area contributed by atoms with Gasteiger partial charge in [-0.25, -0.2) is 0 Å². The van der Waals surface area contributed by atoms with E-state index < -0.39 is 0 Å². The van der Waals surface area contributed by atoms with Crippen LogP contribution in [0.1, 0.15) is 71.1 Å². The molecule has 0 aromatic heterocycles. The second-order valence-electron chi connectivity index (χ2n) is 10.9. The van der Waals surface area contributed by atoms with Crippen LogP contribution in [0.2, 0.25) is 0 Å². The van der Waals surface area contributed by atoms with Crippen molar-refractivity contribution in [3.8, 4) is 5.75 Å². The Morgan fingerprint density at radius 1 is 0.842 bits per heavy atom. The standard InChI is InChI=1S/C33H41N3O2/c1-35-16-4-3-7-19-38-32-15-14-29(23-30(32)21-26-10-8-12-28(20-26)25-35)33(37)34-24-27-11-9-13-31(22-27)36-17-5-2-6-18-36/h8-15,20,22-23H,2-7,16-19,21,24-25H2,1H3,(H,34,37). The van der Waals surface area contributed by atoms with E-state index in [2.05, 4.69) is 70.7 Å². The van der Waals surface area contributed by atoms with Gasteiger partial charge in [-0.2, -0.15) is 0 Å². The molecule has 2 aliphatic heterocycles. The normalized spacial score (nSPS) is 17.1. The Kier molecular flexibility index (Phi) is 8.98. The van der Waals surface area contributed by atoms with Crippen molar-refractivity contribution in [2.75, 3.05) is 38.2 Å². The summed E-state index contributed by atoms with van der Waals surface area (Å²) in [5.41, 5.74) is 6.69. The quantitative estimate of drug-likeness (QED) is 0.454. The van der Waals surface area contributed by atoms with E-state index in [1.54, 1.807) is 0 Å². The predicted molar refractivity (Wildman–Crippen MR) is 155 cm³/mol. The number of nitrogens with one attached hydrogen (secondary N) is 1. The molecule has 0 aliphatic carbocycles. The van der Waals surface area contributed by atoms with Crippen LogP contribution >= 0.6 is 0 Å². The summed E-state index contributed by atoms with van der Waals surface area (Å²) in [4.78, 5) is 18.0. The first kappa shape index (κ1) is 26.3. The third kappa shape index (κ3) is 7.16. The molecule has 2 bridgehead atoms. The number of nitrogens with zero attached hydrogens (tertiary/aromatic N) is 2. The summed E-state index contributed by atoms with van der Waals surface area (Å²) in [6.07, 6.45) is 7.93. The molecule has 1 amide bonds. The number of carbonyl (C=O) groups is 1. The van der Waals surface area contributed by atoms with Crippen molar-refractivity contribution in [1.82, 2.24) is 10.2 Å². The fourth-order valence-corrected chi connectivity index (χ4v) is 5.59. The Morgan fingerprint density at radius 3 is 2.53 bits per heavy atom. The molecule has 1 saturated heterocycles. The molecule has 2 heterocycles. The van der Waals surface area contributed by atoms with Crippen LogP contribution in [-0.2, 0) is 19.5 Å². The van der Waals surface area contributed by atoms with Crippen molar-refractivity contribution < 1.29 is 9.53 Å². The van der Waals surface area contributed by atoms with Gasteiger partial charge in [0, 0.05) is 43.9 Å². The molecule has 3 aromatic rings. The highest BCUT2D eigenvalue weighted by Crippen LogP contribution is 2.26. The van der Waals surface area contributed by atoms with Gasteiger partial charge in [0.1, 0.15) is 5.75 Å². The van der Waals surface area contributed by atoms with Crippen molar-refractivity contribution in [3.05, 3.63) is 94.5 Å². The molecule has 2 aliphatic rings. The number of fused-ring (bicyclic) bond motifs is 3. The Bertz CT molecular complexity index is 1220. The van der Waals surface area contributed by atoms with E-state index in [9.17, 15) is 4.79 Å². The zero-order valence-corrected chi connectivity index (χ0v) is 22.8. The van der Waals surface area contributed by atoms with Gasteiger partial charge in [-0.15, -0.1) is 0 Å². The second-order valence-corrected chi connectivity index (χ2v) is 10.9. The molecule has 0 unspecified atom stereocenters. The van der Waals surface area contributed by atoms with Crippen LogP contribution in [0, 0.1) is 0 Å². The molecule has 1 fully saturated rings. The average molecular weight is 512 g/mol. The fourth-order valence-electron chi connectivity index (χ4n) is 5.59. The van der Waals surface area contributed by atoms with Crippen LogP contribution in [-0.4, -0.2) is 44.1 Å². The molecule has 0 atom stereocenters. The van der Waals surface area contributed by atoms with E-state index >= 15 is 0 Å². The van der Waals surface area contributed by atoms with Crippen LogP contribution in [0.5, 0.6) is 5.75 Å². The topological polar surface area (TPSA) is 44.8 Å². The van der Waals surface area contributed by atoms with Gasteiger partial charge in [-0.1, -0.05) is 36.4 Å². The summed E-state index contributed by atoms with van der Waals surface area (Å²) < 4.78 is 6.22. The highest BCUT2D eigenvalue weighted by molar-refractivity contribution is 5.94. The monoisotopic (exact) mass is 511 g/mol. The third-order valence-electron chi connectivity index (χ3n) is 7.69. The van der Waals surface area contributed by atoms with Crippen LogP contribution in [0.4, 0.5) is 5.69 Å². The first-order chi connectivity index (χ1) is 18.6. The molecule has 0 spiro atoms. The van der Waals surface area contributed by atoms with Gasteiger partial charge in [0.05, 0.1) is 6.61 Å². The Hall–Kier alpha value is -3.31. The molecule has 5 rings (SSSR count). The van der Waals surface area contributed by atoms with Crippen LogP contribution in [0.3, 0.4) is 0 Å². The zero-order chi connectivity index (χ0) is 26.2. The molecule has 38 heavy (non-hydrogen) atoms. The summed E-state index contributed by atoms with van der Waals surface area (Å²) >= 11 is 0. The van der Waals surface area contributed by atoms with E-state index in [1.807, 2.05) is 18.2 Å². The number of hydrogen-bond donors (Lipinski definition) is 1. The van der Waals surface area contributed by atoms with E-state index in [1.165, 1.54) is 42.5 Å². The first-order valence-corrected chi connectivity index (χ1v) is 14.3. The minimum Gasteiger partial charge on any atom is -0.493 e. The molecule has 0 saturated carbocycles. The lowest BCUT2D eigenvalue weighted by Crippen LogP contribution is -2.29. The maximum absolute atomic E-state index is 13.2. The van der Waals surface area contributed by atoms with Gasteiger partial charge in [0.2, 0.25) is 0 Å². The molecule has 3 aromatic carbocycles. The molecular weight excluding hydrogens is 470 g/mol. The minimum absolute atomic E-state index is 0.0500. The molecule has 5 heteroatoms. The largest absolute Gasteiger partial charge is 0.493 e. The molecule has 0 radical (unpaired) electrons. The number of hydrogen-bond acceptors (Lipinski definition) is 4. The molecule has 200 valence electrons. The lowest BCUT2D eigenvalue weighted by molar-refractivity contribution is 0.0950. The summed E-state index contributed by atoms with van der Waals surface area (Å²) in [5, 5.41) is 3.14. The number of ether oxygens (including phenoxy) is 1. The number of piperidine rings is 1. The molecular formula is C33H41N3O2. The summed E-state index contributed by atoms with van der Waals surface area (Å²) in [5.74, 6) is 0.835. The highest BCUT2D eigenvalue weighted by atomic mass is 16.5. The summed E-state index contributed by atoms with van der Waals surface area (Å²) in [6.45, 7) is 5.51. The van der Waals surface area contributed by atoms with Crippen LogP contribution in [0.25, 0.3) is 0 Å². The Morgan fingerprint density at radius 2 is 1.63 bits per heavy atom. The van der Waals surface area contributed by atoms with Gasteiger partial charge in [-0.3, -0.25) is 4.79 Å². The second kappa shape index (κ2) is 13.0. The highest BCUT2D eigenvalue weighted by Gasteiger charge is 2.14. The van der Waals surface area contributed by atoms with Gasteiger partial charge in [0.15, 0.2) is 0 Å². The van der Waals surface area contributed by atoms with Crippen molar-refractivity contribution in [3.63, 3.8) is 0 Å². The number of benzene rings is 3. The average Bonchev–Trinajstić information content (AvgIpc) is 2.94. The third-order valence-corrected chi connectivity index (χ3v) is 7.69. The zero-order valence-electron chi connectivity index (χ0n) is 22.8. The van der Waals surface area contributed by atoms with Gasteiger partial charge >= 0.3 is 0 Å². The number of rotatable bonds is 4. The van der Waals surface area contributed by atoms with Crippen molar-refractivity contribution in [2.45, 2.75) is 58.0 Å². The van der Waals surface area contributed by atoms with E-state index in [-0.39, 0.29) is 5.91 Å². The van der Waals surface area contributed by atoms with Gasteiger partial charge < -0.3 is 19.9 Å². The van der Waals surface area contributed by atoms with E-state index in [4.69, 9.17) is 4.74 Å². The fraction of sp³-hybridized carbons (Fsp3) is 0.424. The number of anilines is 1. The first-order valence-electron chi connectivity index (χ1n) is 14.3. The minimum atomic E-state index is -0.0500. The maximum Gasteiger partial charge on any atom is 0.251 e. The maximum atomic E-state index is 13.2. The Labute approximate surface area is 227 Å². The van der Waals surface area contributed by atoms with Crippen LogP contribution in [0.15, 0.2) is 66.7 Å². The summed E-state index contributed by atoms with van der Waals surface area (Å²) in [7, 11) is 2.19. The number of amides is 1. The molecule has 5 nitrogen and oxygen atoms in total. The lowest BCUT2D eigenvalue weighted by Gasteiger charge is -2.29. The van der Waals surface area contributed by atoms with Crippen molar-refractivity contribution >= 4 is 11.6 Å². The van der Waals surface area contributed by atoms with Gasteiger partial charge in [0.25, 0.3) is 5.91 Å². The van der Waals surface area contributed by atoms with Crippen LogP contribution < -0.4 is 15.0 Å². The SMILES string of the molecule is CN1CCCCCOc2ccc(C(=O)NCc3cccc(N4CCCCC4)c3)cc2Cc2cccc(c2)C1. The Balaban J connectivity index is 1.30. The van der Waals surface area contributed by atoms with E-state index in [0.717, 1.165) is 62.3 Å².